The van der Waals surface area contributed by atoms with Gasteiger partial charge in [0.15, 0.2) is 0 Å². The Kier molecular flexibility index (Phi) is 6.24. The van der Waals surface area contributed by atoms with Gasteiger partial charge in [0, 0.05) is 24.0 Å². The van der Waals surface area contributed by atoms with Crippen LogP contribution in [0.2, 0.25) is 0 Å². The Labute approximate surface area is 161 Å². The van der Waals surface area contributed by atoms with E-state index in [1.807, 2.05) is 26.0 Å². The van der Waals surface area contributed by atoms with E-state index in [4.69, 9.17) is 9.47 Å². The number of amides is 2. The first kappa shape index (κ1) is 19.5. The van der Waals surface area contributed by atoms with Gasteiger partial charge in [-0.25, -0.2) is 0 Å². The molecule has 0 saturated heterocycles. The lowest BCUT2D eigenvalue weighted by atomic mass is 9.88. The van der Waals surface area contributed by atoms with E-state index >= 15 is 0 Å². The van der Waals surface area contributed by atoms with Gasteiger partial charge in [-0.3, -0.25) is 9.59 Å². The molecule has 0 aromatic heterocycles. The highest BCUT2D eigenvalue weighted by molar-refractivity contribution is 5.98. The van der Waals surface area contributed by atoms with Crippen molar-refractivity contribution in [3.05, 3.63) is 17.7 Å². The maximum atomic E-state index is 12.6. The third kappa shape index (κ3) is 4.73. The molecule has 1 aliphatic carbocycles. The summed E-state index contributed by atoms with van der Waals surface area (Å²) in [5.74, 6) is 1.16. The van der Waals surface area contributed by atoms with E-state index in [9.17, 15) is 9.59 Å². The molecule has 0 spiro atoms. The fourth-order valence-corrected chi connectivity index (χ4v) is 3.81. The molecule has 1 saturated carbocycles. The zero-order valence-electron chi connectivity index (χ0n) is 16.5. The van der Waals surface area contributed by atoms with Gasteiger partial charge in [-0.1, -0.05) is 19.3 Å². The van der Waals surface area contributed by atoms with E-state index < -0.39 is 6.04 Å². The van der Waals surface area contributed by atoms with Crippen LogP contribution in [0.1, 0.15) is 58.4 Å². The lowest BCUT2D eigenvalue weighted by Crippen LogP contribution is -2.44. The molecule has 2 N–H and O–H groups in total. The Balaban J connectivity index is 1.65. The summed E-state index contributed by atoms with van der Waals surface area (Å²) in [5, 5.41) is 5.75. The van der Waals surface area contributed by atoms with Crippen LogP contribution in [-0.4, -0.2) is 30.6 Å². The molecule has 6 heteroatoms. The van der Waals surface area contributed by atoms with Crippen LogP contribution in [0.4, 0.5) is 5.69 Å². The molecule has 1 aromatic rings. The van der Waals surface area contributed by atoms with Crippen molar-refractivity contribution in [1.29, 1.82) is 0 Å². The zero-order valence-corrected chi connectivity index (χ0v) is 16.5. The summed E-state index contributed by atoms with van der Waals surface area (Å²) in [4.78, 5) is 25.0. The van der Waals surface area contributed by atoms with Crippen molar-refractivity contribution in [2.24, 2.45) is 5.92 Å². The minimum absolute atomic E-state index is 0.0199. The van der Waals surface area contributed by atoms with E-state index in [1.165, 1.54) is 6.42 Å². The minimum atomic E-state index is -0.609. The molecule has 1 fully saturated rings. The maximum absolute atomic E-state index is 12.6. The average Bonchev–Trinajstić information content (AvgIpc) is 3.01. The van der Waals surface area contributed by atoms with Crippen LogP contribution < -0.4 is 20.1 Å². The second-order valence-corrected chi connectivity index (χ2v) is 7.58. The predicted octanol–water partition coefficient (Wildman–Crippen LogP) is 3.43. The van der Waals surface area contributed by atoms with Crippen molar-refractivity contribution in [2.45, 2.75) is 71.4 Å². The summed E-state index contributed by atoms with van der Waals surface area (Å²) in [5.41, 5.74) is 1.66. The van der Waals surface area contributed by atoms with E-state index in [2.05, 4.69) is 10.6 Å². The van der Waals surface area contributed by atoms with Gasteiger partial charge in [-0.15, -0.1) is 0 Å². The molecule has 1 heterocycles. The molecule has 0 radical (unpaired) electrons. The highest BCUT2D eigenvalue weighted by atomic mass is 16.5. The molecule has 148 valence electrons. The van der Waals surface area contributed by atoms with Crippen LogP contribution in [0, 0.1) is 5.92 Å². The van der Waals surface area contributed by atoms with Crippen LogP contribution in [0.15, 0.2) is 12.1 Å². The Hall–Kier alpha value is -2.24. The van der Waals surface area contributed by atoms with E-state index in [-0.39, 0.29) is 23.8 Å². The minimum Gasteiger partial charge on any atom is -0.492 e. The summed E-state index contributed by atoms with van der Waals surface area (Å²) >= 11 is 0. The van der Waals surface area contributed by atoms with Gasteiger partial charge in [-0.05, 0) is 39.7 Å². The van der Waals surface area contributed by atoms with Gasteiger partial charge in [0.2, 0.25) is 11.8 Å². The van der Waals surface area contributed by atoms with E-state index in [1.54, 1.807) is 6.92 Å². The van der Waals surface area contributed by atoms with Crippen LogP contribution in [0.5, 0.6) is 11.5 Å². The summed E-state index contributed by atoms with van der Waals surface area (Å²) in [7, 11) is 0. The quantitative estimate of drug-likeness (QED) is 0.800. The van der Waals surface area contributed by atoms with Gasteiger partial charge in [0.1, 0.15) is 23.6 Å². The highest BCUT2D eigenvalue weighted by Crippen LogP contribution is 2.38. The molecule has 27 heavy (non-hydrogen) atoms. The molecule has 1 aromatic carbocycles. The number of rotatable bonds is 6. The molecule has 1 aliphatic heterocycles. The average molecular weight is 374 g/mol. The number of hydrogen-bond acceptors (Lipinski definition) is 4. The van der Waals surface area contributed by atoms with Gasteiger partial charge >= 0.3 is 0 Å². The number of hydrogen-bond donors (Lipinski definition) is 2. The van der Waals surface area contributed by atoms with Crippen molar-refractivity contribution in [3.8, 4) is 11.5 Å². The number of carbonyl (C=O) groups is 2. The third-order valence-electron chi connectivity index (χ3n) is 5.28. The van der Waals surface area contributed by atoms with Gasteiger partial charge in [0.25, 0.3) is 0 Å². The Morgan fingerprint density at radius 2 is 2.00 bits per heavy atom. The van der Waals surface area contributed by atoms with Crippen LogP contribution >= 0.6 is 0 Å². The van der Waals surface area contributed by atoms with Gasteiger partial charge in [-0.2, -0.15) is 0 Å². The standard InChI is InChI=1S/C21H30N2O4/c1-4-26-19-11-16-10-13(2)27-18(16)12-17(19)23-20(24)14(3)22-21(25)15-8-6-5-7-9-15/h11-15H,4-10H2,1-3H3,(H,22,25)(H,23,24). The first-order valence-corrected chi connectivity index (χ1v) is 10.1. The summed E-state index contributed by atoms with van der Waals surface area (Å²) in [6.07, 6.45) is 6.14. The van der Waals surface area contributed by atoms with Crippen LogP contribution in [0.3, 0.4) is 0 Å². The third-order valence-corrected chi connectivity index (χ3v) is 5.28. The SMILES string of the molecule is CCOc1cc2c(cc1NC(=O)C(C)NC(=O)C1CCCCC1)OC(C)C2. The molecule has 0 bridgehead atoms. The van der Waals surface area contributed by atoms with E-state index in [0.29, 0.717) is 18.0 Å². The smallest absolute Gasteiger partial charge is 0.246 e. The highest BCUT2D eigenvalue weighted by Gasteiger charge is 2.26. The summed E-state index contributed by atoms with van der Waals surface area (Å²) in [6.45, 7) is 6.14. The molecule has 3 rings (SSSR count). The van der Waals surface area contributed by atoms with Gasteiger partial charge < -0.3 is 20.1 Å². The molecular formula is C21H30N2O4. The van der Waals surface area contributed by atoms with Crippen molar-refractivity contribution in [2.75, 3.05) is 11.9 Å². The lowest BCUT2D eigenvalue weighted by molar-refractivity contribution is -0.129. The molecular weight excluding hydrogens is 344 g/mol. The first-order chi connectivity index (χ1) is 13.0. The maximum Gasteiger partial charge on any atom is 0.246 e. The lowest BCUT2D eigenvalue weighted by Gasteiger charge is -2.23. The van der Waals surface area contributed by atoms with Crippen molar-refractivity contribution >= 4 is 17.5 Å². The topological polar surface area (TPSA) is 76.7 Å². The number of nitrogens with one attached hydrogen (secondary N) is 2. The van der Waals surface area contributed by atoms with E-state index in [0.717, 1.165) is 43.4 Å². The largest absolute Gasteiger partial charge is 0.492 e. The fourth-order valence-electron chi connectivity index (χ4n) is 3.81. The first-order valence-electron chi connectivity index (χ1n) is 10.1. The second kappa shape index (κ2) is 8.63. The number of ether oxygens (including phenoxy) is 2. The van der Waals surface area contributed by atoms with Crippen molar-refractivity contribution in [3.63, 3.8) is 0 Å². The fraction of sp³-hybridized carbons (Fsp3) is 0.619. The molecule has 6 nitrogen and oxygen atoms in total. The number of benzene rings is 1. The Morgan fingerprint density at radius 1 is 1.26 bits per heavy atom. The second-order valence-electron chi connectivity index (χ2n) is 7.58. The number of fused-ring (bicyclic) bond motifs is 1. The molecule has 2 amide bonds. The zero-order chi connectivity index (χ0) is 19.4. The molecule has 2 atom stereocenters. The molecule has 2 unspecified atom stereocenters. The number of carbonyl (C=O) groups excluding carboxylic acids is 2. The monoisotopic (exact) mass is 374 g/mol. The van der Waals surface area contributed by atoms with Crippen molar-refractivity contribution in [1.82, 2.24) is 5.32 Å². The van der Waals surface area contributed by atoms with Crippen LogP contribution in [0.25, 0.3) is 0 Å². The predicted molar refractivity (Wildman–Crippen MR) is 104 cm³/mol. The van der Waals surface area contributed by atoms with Crippen LogP contribution in [-0.2, 0) is 16.0 Å². The Morgan fingerprint density at radius 3 is 2.70 bits per heavy atom. The Bertz CT molecular complexity index is 698. The number of anilines is 1. The molecule has 2 aliphatic rings. The summed E-state index contributed by atoms with van der Waals surface area (Å²) < 4.78 is 11.5. The normalized spacial score (nSPS) is 20.3. The van der Waals surface area contributed by atoms with Gasteiger partial charge in [0.05, 0.1) is 12.3 Å². The van der Waals surface area contributed by atoms with Crippen molar-refractivity contribution < 1.29 is 19.1 Å². The summed E-state index contributed by atoms with van der Waals surface area (Å²) in [6, 6.07) is 3.14.